The first-order valence-corrected chi connectivity index (χ1v) is 5.24. The van der Waals surface area contributed by atoms with Gasteiger partial charge >= 0.3 is 0 Å². The molecule has 0 heterocycles. The summed E-state index contributed by atoms with van der Waals surface area (Å²) in [5.74, 6) is -1.25. The van der Waals surface area contributed by atoms with Crippen LogP contribution in [0.5, 0.6) is 11.5 Å². The zero-order valence-electron chi connectivity index (χ0n) is 9.55. The van der Waals surface area contributed by atoms with Gasteiger partial charge in [-0.3, -0.25) is 4.79 Å². The summed E-state index contributed by atoms with van der Waals surface area (Å²) < 4.78 is 0. The second kappa shape index (κ2) is 5.51. The van der Waals surface area contributed by atoms with Gasteiger partial charge in [-0.1, -0.05) is 6.07 Å². The van der Waals surface area contributed by atoms with Crippen LogP contribution < -0.4 is 16.8 Å². The van der Waals surface area contributed by atoms with Gasteiger partial charge in [0.1, 0.15) is 0 Å². The Balaban J connectivity index is 2.73. The van der Waals surface area contributed by atoms with E-state index in [1.54, 1.807) is 6.92 Å². The lowest BCUT2D eigenvalue weighted by atomic mass is 10.1. The number of amides is 1. The summed E-state index contributed by atoms with van der Waals surface area (Å²) in [4.78, 5) is 11.7. The van der Waals surface area contributed by atoms with E-state index in [1.807, 2.05) is 0 Å². The number of nitrogens with one attached hydrogen (secondary N) is 1. The Kier molecular flexibility index (Phi) is 4.30. The predicted octanol–water partition coefficient (Wildman–Crippen LogP) is -0.150. The highest BCUT2D eigenvalue weighted by molar-refractivity contribution is 5.97. The molecule has 0 bridgehead atoms. The number of para-hydroxylation sites is 1. The van der Waals surface area contributed by atoms with E-state index in [2.05, 4.69) is 5.32 Å². The van der Waals surface area contributed by atoms with Crippen molar-refractivity contribution in [3.8, 4) is 11.5 Å². The summed E-state index contributed by atoms with van der Waals surface area (Å²) in [5, 5.41) is 21.4. The molecule has 1 unspecified atom stereocenters. The molecular weight excluding hydrogens is 222 g/mol. The number of aromatic hydroxyl groups is 2. The lowest BCUT2D eigenvalue weighted by Gasteiger charge is -2.16. The maximum absolute atomic E-state index is 11.7. The minimum absolute atomic E-state index is 0.0162. The maximum atomic E-state index is 11.7. The van der Waals surface area contributed by atoms with Crippen LogP contribution in [0.1, 0.15) is 23.7 Å². The molecule has 1 atom stereocenters. The maximum Gasteiger partial charge on any atom is 0.255 e. The molecule has 1 aromatic rings. The molecule has 0 aliphatic heterocycles. The molecule has 1 amide bonds. The molecule has 0 saturated heterocycles. The van der Waals surface area contributed by atoms with Gasteiger partial charge in [0.05, 0.1) is 11.7 Å². The van der Waals surface area contributed by atoms with Gasteiger partial charge in [0.2, 0.25) is 0 Å². The first-order chi connectivity index (χ1) is 7.91. The standard InChI is InChI=1S/C11H17N3O3/c1-6(5-9(12)13)14-11(17)7-3-2-4-8(15)10(7)16/h2-4,6,9,15-16H,5,12-13H2,1H3,(H,14,17). The lowest BCUT2D eigenvalue weighted by Crippen LogP contribution is -2.41. The normalized spacial score (nSPS) is 12.5. The molecular formula is C11H17N3O3. The Morgan fingerprint density at radius 1 is 1.41 bits per heavy atom. The second-order valence-corrected chi connectivity index (χ2v) is 3.95. The average Bonchev–Trinajstić information content (AvgIpc) is 2.20. The highest BCUT2D eigenvalue weighted by Gasteiger charge is 2.16. The fraction of sp³-hybridized carbons (Fsp3) is 0.364. The predicted molar refractivity (Wildman–Crippen MR) is 63.5 cm³/mol. The molecule has 0 radical (unpaired) electrons. The third-order valence-corrected chi connectivity index (χ3v) is 2.26. The molecule has 0 aliphatic carbocycles. The number of phenols is 2. The third kappa shape index (κ3) is 3.61. The van der Waals surface area contributed by atoms with Crippen molar-refractivity contribution in [3.05, 3.63) is 23.8 Å². The Labute approximate surface area is 99.2 Å². The second-order valence-electron chi connectivity index (χ2n) is 3.95. The zero-order valence-corrected chi connectivity index (χ0v) is 9.55. The van der Waals surface area contributed by atoms with E-state index in [-0.39, 0.29) is 17.4 Å². The summed E-state index contributed by atoms with van der Waals surface area (Å²) in [6, 6.07) is 3.97. The van der Waals surface area contributed by atoms with Crippen molar-refractivity contribution in [2.75, 3.05) is 0 Å². The van der Waals surface area contributed by atoms with E-state index in [0.717, 1.165) is 0 Å². The molecule has 7 N–H and O–H groups in total. The SMILES string of the molecule is CC(CC(N)N)NC(=O)c1cccc(O)c1O. The first kappa shape index (κ1) is 13.3. The highest BCUT2D eigenvalue weighted by atomic mass is 16.3. The Hall–Kier alpha value is -1.79. The van der Waals surface area contributed by atoms with Crippen molar-refractivity contribution in [1.29, 1.82) is 0 Å². The molecule has 6 nitrogen and oxygen atoms in total. The summed E-state index contributed by atoms with van der Waals surface area (Å²) in [6.07, 6.45) is -0.0891. The molecule has 0 aromatic heterocycles. The third-order valence-electron chi connectivity index (χ3n) is 2.26. The summed E-state index contributed by atoms with van der Waals surface area (Å²) >= 11 is 0. The van der Waals surface area contributed by atoms with Gasteiger partial charge < -0.3 is 27.0 Å². The minimum Gasteiger partial charge on any atom is -0.504 e. The number of rotatable bonds is 4. The van der Waals surface area contributed by atoms with Crippen LogP contribution in [0.15, 0.2) is 18.2 Å². The Bertz CT molecular complexity index is 407. The number of phenolic OH excluding ortho intramolecular Hbond substituents is 2. The van der Waals surface area contributed by atoms with E-state index in [4.69, 9.17) is 11.5 Å². The molecule has 0 fully saturated rings. The Morgan fingerprint density at radius 2 is 2.06 bits per heavy atom. The van der Waals surface area contributed by atoms with Crippen LogP contribution in [0.2, 0.25) is 0 Å². The average molecular weight is 239 g/mol. The number of nitrogens with two attached hydrogens (primary N) is 2. The molecule has 0 spiro atoms. The van der Waals surface area contributed by atoms with Gasteiger partial charge in [0.25, 0.3) is 5.91 Å². The van der Waals surface area contributed by atoms with Crippen molar-refractivity contribution in [2.45, 2.75) is 25.6 Å². The van der Waals surface area contributed by atoms with Crippen LogP contribution in [0.4, 0.5) is 0 Å². The summed E-state index contributed by atoms with van der Waals surface area (Å²) in [5.41, 5.74) is 10.8. The van der Waals surface area contributed by atoms with E-state index in [0.29, 0.717) is 6.42 Å². The lowest BCUT2D eigenvalue weighted by molar-refractivity contribution is 0.0934. The van der Waals surface area contributed by atoms with Gasteiger partial charge in [-0.15, -0.1) is 0 Å². The fourth-order valence-corrected chi connectivity index (χ4v) is 1.48. The van der Waals surface area contributed by atoms with Crippen LogP contribution >= 0.6 is 0 Å². The van der Waals surface area contributed by atoms with E-state index >= 15 is 0 Å². The minimum atomic E-state index is -0.511. The van der Waals surface area contributed by atoms with Crippen molar-refractivity contribution < 1.29 is 15.0 Å². The van der Waals surface area contributed by atoms with Gasteiger partial charge in [0, 0.05) is 6.04 Å². The van der Waals surface area contributed by atoms with Crippen LogP contribution in [-0.4, -0.2) is 28.3 Å². The van der Waals surface area contributed by atoms with Crippen LogP contribution in [0, 0.1) is 0 Å². The number of hydrogen-bond donors (Lipinski definition) is 5. The fourth-order valence-electron chi connectivity index (χ4n) is 1.48. The summed E-state index contributed by atoms with van der Waals surface area (Å²) in [6.45, 7) is 1.75. The van der Waals surface area contributed by atoms with Crippen LogP contribution in [-0.2, 0) is 0 Å². The molecule has 1 aromatic carbocycles. The van der Waals surface area contributed by atoms with Crippen molar-refractivity contribution in [1.82, 2.24) is 5.32 Å². The molecule has 1 rings (SSSR count). The van der Waals surface area contributed by atoms with Gasteiger partial charge in [-0.05, 0) is 25.5 Å². The monoisotopic (exact) mass is 239 g/mol. The van der Waals surface area contributed by atoms with Gasteiger partial charge in [0.15, 0.2) is 11.5 Å². The number of carbonyl (C=O) groups excluding carboxylic acids is 1. The smallest absolute Gasteiger partial charge is 0.255 e. The molecule has 0 saturated carbocycles. The molecule has 0 aliphatic rings. The van der Waals surface area contributed by atoms with E-state index < -0.39 is 17.8 Å². The van der Waals surface area contributed by atoms with E-state index in [1.165, 1.54) is 18.2 Å². The van der Waals surface area contributed by atoms with Crippen molar-refractivity contribution in [3.63, 3.8) is 0 Å². The molecule has 94 valence electrons. The van der Waals surface area contributed by atoms with Crippen molar-refractivity contribution in [2.24, 2.45) is 11.5 Å². The molecule has 6 heteroatoms. The molecule has 17 heavy (non-hydrogen) atoms. The highest BCUT2D eigenvalue weighted by Crippen LogP contribution is 2.27. The van der Waals surface area contributed by atoms with E-state index in [9.17, 15) is 15.0 Å². The quantitative estimate of drug-likeness (QED) is 0.369. The van der Waals surface area contributed by atoms with Gasteiger partial charge in [-0.25, -0.2) is 0 Å². The zero-order chi connectivity index (χ0) is 13.0. The summed E-state index contributed by atoms with van der Waals surface area (Å²) in [7, 11) is 0. The number of hydrogen-bond acceptors (Lipinski definition) is 5. The number of benzene rings is 1. The first-order valence-electron chi connectivity index (χ1n) is 5.24. The largest absolute Gasteiger partial charge is 0.504 e. The van der Waals surface area contributed by atoms with Gasteiger partial charge in [-0.2, -0.15) is 0 Å². The topological polar surface area (TPSA) is 122 Å². The van der Waals surface area contributed by atoms with Crippen LogP contribution in [0.3, 0.4) is 0 Å². The van der Waals surface area contributed by atoms with Crippen molar-refractivity contribution >= 4 is 5.91 Å². The Morgan fingerprint density at radius 3 is 2.65 bits per heavy atom. The number of carbonyl (C=O) groups is 1. The van der Waals surface area contributed by atoms with Crippen LogP contribution in [0.25, 0.3) is 0 Å².